The van der Waals surface area contributed by atoms with Crippen LogP contribution >= 0.6 is 11.3 Å². The fraction of sp³-hybridized carbons (Fsp3) is 0.294. The Hall–Kier alpha value is -3.14. The Labute approximate surface area is 160 Å². The van der Waals surface area contributed by atoms with E-state index in [4.69, 9.17) is 5.84 Å². The van der Waals surface area contributed by atoms with Gasteiger partial charge >= 0.3 is 0 Å². The molecule has 0 spiro atoms. The summed E-state index contributed by atoms with van der Waals surface area (Å²) < 4.78 is 0. The van der Waals surface area contributed by atoms with Gasteiger partial charge in [0, 0.05) is 12.6 Å². The molecule has 0 saturated carbocycles. The predicted molar refractivity (Wildman–Crippen MR) is 105 cm³/mol. The van der Waals surface area contributed by atoms with E-state index in [2.05, 4.69) is 30.9 Å². The third kappa shape index (κ3) is 5.42. The summed E-state index contributed by atoms with van der Waals surface area (Å²) in [4.78, 5) is 28.0. The lowest BCUT2D eigenvalue weighted by Crippen LogP contribution is -2.40. The van der Waals surface area contributed by atoms with Gasteiger partial charge in [0.2, 0.25) is 5.91 Å². The summed E-state index contributed by atoms with van der Waals surface area (Å²) in [5.41, 5.74) is -0.186. The fourth-order valence-electron chi connectivity index (χ4n) is 2.01. The first-order valence-electron chi connectivity index (χ1n) is 8.08. The molecule has 0 radical (unpaired) electrons. The van der Waals surface area contributed by atoms with Gasteiger partial charge in [-0.05, 0) is 13.8 Å². The molecule has 27 heavy (non-hydrogen) atoms. The molecule has 10 heteroatoms. The largest absolute Gasteiger partial charge is 0.357 e. The van der Waals surface area contributed by atoms with Gasteiger partial charge < -0.3 is 16.5 Å². The van der Waals surface area contributed by atoms with Crippen molar-refractivity contribution in [3.63, 3.8) is 0 Å². The van der Waals surface area contributed by atoms with Gasteiger partial charge in [-0.2, -0.15) is 5.10 Å². The lowest BCUT2D eigenvalue weighted by molar-refractivity contribution is -0.124. The molecule has 0 bridgehead atoms. The Bertz CT molecular complexity index is 859. The Balaban J connectivity index is 1.98. The van der Waals surface area contributed by atoms with E-state index in [0.717, 1.165) is 10.6 Å². The molecule has 9 nitrogen and oxygen atoms in total. The lowest BCUT2D eigenvalue weighted by atomic mass is 10.1. The molecule has 1 aromatic carbocycles. The zero-order chi connectivity index (χ0) is 19.9. The van der Waals surface area contributed by atoms with Crippen LogP contribution < -0.4 is 16.5 Å². The standard InChI is InChI=1S/C17H21N7O2S/c1-17(2,16(26)19-3)21-9-12(22-18)14(25)20-10-13-23-24-15(27-13)11-7-5-4-6-8-11/h4-9H,10,18H2,1-3H3,(H,19,26)(H,20,25)/b21-9?,22-12+. The van der Waals surface area contributed by atoms with Crippen LogP contribution in [-0.4, -0.2) is 46.5 Å². The van der Waals surface area contributed by atoms with Crippen molar-refractivity contribution in [2.75, 3.05) is 7.05 Å². The lowest BCUT2D eigenvalue weighted by Gasteiger charge is -2.16. The average Bonchev–Trinajstić information content (AvgIpc) is 3.15. The molecule has 4 N–H and O–H groups in total. The maximum Gasteiger partial charge on any atom is 0.273 e. The molecule has 0 atom stereocenters. The second kappa shape index (κ2) is 8.99. The van der Waals surface area contributed by atoms with Crippen molar-refractivity contribution in [3.8, 4) is 10.6 Å². The Morgan fingerprint density at radius 2 is 1.96 bits per heavy atom. The number of aromatic nitrogens is 2. The van der Waals surface area contributed by atoms with Crippen molar-refractivity contribution in [3.05, 3.63) is 35.3 Å². The van der Waals surface area contributed by atoms with Gasteiger partial charge in [0.15, 0.2) is 5.71 Å². The second-order valence-corrected chi connectivity index (χ2v) is 7.02. The molecule has 2 aromatic rings. The van der Waals surface area contributed by atoms with Crippen LogP contribution in [0.3, 0.4) is 0 Å². The van der Waals surface area contributed by atoms with Crippen LogP contribution in [0.15, 0.2) is 40.4 Å². The summed E-state index contributed by atoms with van der Waals surface area (Å²) >= 11 is 1.38. The number of amides is 2. The first-order valence-corrected chi connectivity index (χ1v) is 8.90. The monoisotopic (exact) mass is 387 g/mol. The number of likely N-dealkylation sites (N-methyl/N-ethyl adjacent to an activating group) is 1. The van der Waals surface area contributed by atoms with Gasteiger partial charge in [-0.15, -0.1) is 10.2 Å². The van der Waals surface area contributed by atoms with Crippen LogP contribution in [0.1, 0.15) is 18.9 Å². The number of nitrogens with two attached hydrogens (primary N) is 1. The highest BCUT2D eigenvalue weighted by molar-refractivity contribution is 7.14. The molecule has 1 aromatic heterocycles. The highest BCUT2D eigenvalue weighted by Crippen LogP contribution is 2.22. The highest BCUT2D eigenvalue weighted by Gasteiger charge is 2.25. The molecule has 0 unspecified atom stereocenters. The quantitative estimate of drug-likeness (QED) is 0.366. The number of aliphatic imine (C=N–C) groups is 1. The van der Waals surface area contributed by atoms with Crippen LogP contribution in [0.5, 0.6) is 0 Å². The molecule has 0 aliphatic rings. The zero-order valence-electron chi connectivity index (χ0n) is 15.3. The third-order valence-electron chi connectivity index (χ3n) is 3.55. The number of carbonyl (C=O) groups excluding carboxylic acids is 2. The van der Waals surface area contributed by atoms with E-state index in [1.807, 2.05) is 30.3 Å². The minimum atomic E-state index is -1.05. The molecule has 0 saturated heterocycles. The number of hydrogen-bond donors (Lipinski definition) is 3. The number of benzene rings is 1. The van der Waals surface area contributed by atoms with Crippen LogP contribution in [0.2, 0.25) is 0 Å². The summed E-state index contributed by atoms with van der Waals surface area (Å²) in [6.07, 6.45) is 1.18. The van der Waals surface area contributed by atoms with E-state index >= 15 is 0 Å². The van der Waals surface area contributed by atoms with E-state index in [0.29, 0.717) is 5.01 Å². The Kier molecular flexibility index (Phi) is 6.72. The first-order chi connectivity index (χ1) is 12.9. The van der Waals surface area contributed by atoms with E-state index in [1.54, 1.807) is 13.8 Å². The smallest absolute Gasteiger partial charge is 0.273 e. The van der Waals surface area contributed by atoms with Crippen LogP contribution in [-0.2, 0) is 16.1 Å². The Morgan fingerprint density at radius 3 is 2.59 bits per heavy atom. The van der Waals surface area contributed by atoms with E-state index in [1.165, 1.54) is 24.6 Å². The van der Waals surface area contributed by atoms with Gasteiger partial charge in [0.05, 0.1) is 12.8 Å². The zero-order valence-corrected chi connectivity index (χ0v) is 16.1. The molecular weight excluding hydrogens is 366 g/mol. The van der Waals surface area contributed by atoms with Gasteiger partial charge in [-0.25, -0.2) is 0 Å². The van der Waals surface area contributed by atoms with E-state index < -0.39 is 11.4 Å². The molecule has 0 aliphatic carbocycles. The molecule has 2 rings (SSSR count). The van der Waals surface area contributed by atoms with E-state index in [9.17, 15) is 9.59 Å². The van der Waals surface area contributed by atoms with Gasteiger partial charge in [0.1, 0.15) is 15.6 Å². The number of rotatable bonds is 7. The number of nitrogens with one attached hydrogen (secondary N) is 2. The Morgan fingerprint density at radius 1 is 1.26 bits per heavy atom. The molecule has 2 amide bonds. The molecule has 0 aliphatic heterocycles. The summed E-state index contributed by atoms with van der Waals surface area (Å²) in [7, 11) is 1.51. The normalized spacial score (nSPS) is 12.2. The highest BCUT2D eigenvalue weighted by atomic mass is 32.1. The topological polar surface area (TPSA) is 135 Å². The average molecular weight is 387 g/mol. The van der Waals surface area contributed by atoms with Crippen LogP contribution in [0.4, 0.5) is 0 Å². The number of nitrogens with zero attached hydrogens (tertiary/aromatic N) is 4. The van der Waals surface area contributed by atoms with E-state index in [-0.39, 0.29) is 18.2 Å². The van der Waals surface area contributed by atoms with Crippen molar-refractivity contribution in [2.45, 2.75) is 25.9 Å². The van der Waals surface area contributed by atoms with Crippen molar-refractivity contribution in [1.29, 1.82) is 0 Å². The summed E-state index contributed by atoms with van der Waals surface area (Å²) in [6.45, 7) is 3.40. The first kappa shape index (κ1) is 20.2. The van der Waals surface area contributed by atoms with Gasteiger partial charge in [0.25, 0.3) is 5.91 Å². The van der Waals surface area contributed by atoms with Crippen molar-refractivity contribution in [2.24, 2.45) is 15.9 Å². The molecule has 0 fully saturated rings. The van der Waals surface area contributed by atoms with Crippen LogP contribution in [0, 0.1) is 0 Å². The second-order valence-electron chi connectivity index (χ2n) is 5.96. The van der Waals surface area contributed by atoms with Gasteiger partial charge in [-0.1, -0.05) is 41.7 Å². The number of hydrogen-bond acceptors (Lipinski definition) is 8. The molecule has 142 valence electrons. The maximum absolute atomic E-state index is 12.2. The van der Waals surface area contributed by atoms with Crippen molar-refractivity contribution < 1.29 is 9.59 Å². The van der Waals surface area contributed by atoms with Crippen LogP contribution in [0.25, 0.3) is 10.6 Å². The number of hydrazone groups is 1. The summed E-state index contributed by atoms with van der Waals surface area (Å²) in [5.74, 6) is 4.45. The number of carbonyl (C=O) groups is 2. The SMILES string of the molecule is CNC(=O)C(C)(C)N=C/C(=N\N)C(=O)NCc1nnc(-c2ccccc2)s1. The minimum Gasteiger partial charge on any atom is -0.357 e. The fourth-order valence-corrected chi connectivity index (χ4v) is 2.79. The minimum absolute atomic E-state index is 0.0974. The molecular formula is C17H21N7O2S. The third-order valence-corrected chi connectivity index (χ3v) is 4.52. The predicted octanol–water partition coefficient (Wildman–Crippen LogP) is 0.731. The molecule has 1 heterocycles. The van der Waals surface area contributed by atoms with Crippen molar-refractivity contribution in [1.82, 2.24) is 20.8 Å². The maximum atomic E-state index is 12.2. The summed E-state index contributed by atoms with van der Waals surface area (Å²) in [6, 6.07) is 9.63. The van der Waals surface area contributed by atoms with Crippen molar-refractivity contribution >= 4 is 35.1 Å². The van der Waals surface area contributed by atoms with Gasteiger partial charge in [-0.3, -0.25) is 14.6 Å². The summed E-state index contributed by atoms with van der Waals surface area (Å²) in [5, 5.41) is 18.2.